The summed E-state index contributed by atoms with van der Waals surface area (Å²) in [5, 5.41) is 2.32. The van der Waals surface area contributed by atoms with Crippen LogP contribution in [0.1, 0.15) is 63.9 Å². The van der Waals surface area contributed by atoms with Gasteiger partial charge in [-0.1, -0.05) is 37.1 Å². The topological polar surface area (TPSA) is 97.4 Å². The van der Waals surface area contributed by atoms with Crippen molar-refractivity contribution in [1.29, 1.82) is 0 Å². The van der Waals surface area contributed by atoms with Gasteiger partial charge in [0.15, 0.2) is 21.4 Å². The molecule has 0 unspecified atom stereocenters. The van der Waals surface area contributed by atoms with Crippen molar-refractivity contribution < 1.29 is 22.8 Å². The van der Waals surface area contributed by atoms with Crippen molar-refractivity contribution in [3.8, 4) is 0 Å². The number of carbonyl (C=O) groups excluding carboxylic acids is 3. The van der Waals surface area contributed by atoms with Crippen LogP contribution in [-0.4, -0.2) is 36.9 Å². The summed E-state index contributed by atoms with van der Waals surface area (Å²) < 4.78 is 24.6. The van der Waals surface area contributed by atoms with Crippen molar-refractivity contribution >= 4 is 33.0 Å². The average Bonchev–Trinajstić information content (AvgIpc) is 3.27. The summed E-state index contributed by atoms with van der Waals surface area (Å²) in [6, 6.07) is 11.2. The summed E-state index contributed by atoms with van der Waals surface area (Å²) in [7, 11) is -3.27. The van der Waals surface area contributed by atoms with E-state index in [1.165, 1.54) is 12.1 Å². The van der Waals surface area contributed by atoms with Crippen LogP contribution in [0.4, 0.5) is 5.69 Å². The van der Waals surface area contributed by atoms with E-state index in [4.69, 9.17) is 0 Å². The predicted molar refractivity (Wildman–Crippen MR) is 109 cm³/mol. The third kappa shape index (κ3) is 3.74. The Morgan fingerprint density at radius 1 is 0.897 bits per heavy atom. The fourth-order valence-electron chi connectivity index (χ4n) is 4.05. The van der Waals surface area contributed by atoms with E-state index < -0.39 is 15.7 Å². The summed E-state index contributed by atoms with van der Waals surface area (Å²) in [6.45, 7) is 0. The minimum Gasteiger partial charge on any atom is -0.326 e. The summed E-state index contributed by atoms with van der Waals surface area (Å²) in [4.78, 5) is 37.6. The minimum absolute atomic E-state index is 0.133. The zero-order valence-corrected chi connectivity index (χ0v) is 16.6. The molecule has 29 heavy (non-hydrogen) atoms. The fraction of sp³-hybridized carbons (Fsp3) is 0.318. The second-order valence-corrected chi connectivity index (χ2v) is 9.94. The number of rotatable bonds is 5. The van der Waals surface area contributed by atoms with Crippen molar-refractivity contribution in [2.45, 2.75) is 37.4 Å². The Labute approximate surface area is 169 Å². The van der Waals surface area contributed by atoms with E-state index in [0.717, 1.165) is 12.8 Å². The van der Waals surface area contributed by atoms with Crippen LogP contribution in [0.5, 0.6) is 0 Å². The molecular weight excluding hydrogens is 390 g/mol. The maximum atomic E-state index is 12.8. The van der Waals surface area contributed by atoms with Gasteiger partial charge in [0.25, 0.3) is 0 Å². The molecule has 4 rings (SSSR count). The third-order valence-corrected chi connectivity index (χ3v) is 7.89. The van der Waals surface area contributed by atoms with E-state index in [0.29, 0.717) is 35.2 Å². The number of amides is 1. The van der Waals surface area contributed by atoms with Gasteiger partial charge in [0.1, 0.15) is 0 Å². The SMILES string of the molecule is O=C(CCS(=O)(=O)C1CCCC1)Nc1ccc2c(c1)C(=O)c1ccccc1C2=O. The number of nitrogens with one attached hydrogen (secondary N) is 1. The smallest absolute Gasteiger partial charge is 0.225 e. The number of carbonyl (C=O) groups is 3. The molecule has 0 aromatic heterocycles. The minimum atomic E-state index is -3.27. The van der Waals surface area contributed by atoms with Gasteiger partial charge in [-0.2, -0.15) is 0 Å². The van der Waals surface area contributed by atoms with Gasteiger partial charge in [0.05, 0.1) is 11.0 Å². The molecule has 150 valence electrons. The Hall–Kier alpha value is -2.80. The van der Waals surface area contributed by atoms with E-state index in [1.54, 1.807) is 30.3 Å². The quantitative estimate of drug-likeness (QED) is 0.696. The van der Waals surface area contributed by atoms with Gasteiger partial charge in [0, 0.05) is 34.4 Å². The van der Waals surface area contributed by atoms with Gasteiger partial charge in [-0.3, -0.25) is 14.4 Å². The van der Waals surface area contributed by atoms with E-state index >= 15 is 0 Å². The van der Waals surface area contributed by atoms with Crippen LogP contribution in [0.25, 0.3) is 0 Å². The standard InChI is InChI=1S/C22H21NO5S/c24-20(11-12-29(27,28)15-5-1-2-6-15)23-14-9-10-18-19(13-14)22(26)17-8-4-3-7-16(17)21(18)25/h3-4,7-10,13,15H,1-2,5-6,11-12H2,(H,23,24). The number of hydrogen-bond donors (Lipinski definition) is 1. The van der Waals surface area contributed by atoms with Crippen molar-refractivity contribution in [1.82, 2.24) is 0 Å². The molecule has 1 amide bonds. The van der Waals surface area contributed by atoms with Crippen molar-refractivity contribution in [2.75, 3.05) is 11.1 Å². The highest BCUT2D eigenvalue weighted by Crippen LogP contribution is 2.29. The van der Waals surface area contributed by atoms with Crippen LogP contribution >= 0.6 is 0 Å². The second kappa shape index (κ2) is 7.55. The molecule has 0 aliphatic heterocycles. The van der Waals surface area contributed by atoms with Crippen LogP contribution in [0, 0.1) is 0 Å². The molecular formula is C22H21NO5S. The summed E-state index contributed by atoms with van der Waals surface area (Å²) in [5.74, 6) is -1.11. The van der Waals surface area contributed by atoms with E-state index in [9.17, 15) is 22.8 Å². The largest absolute Gasteiger partial charge is 0.326 e. The summed E-state index contributed by atoms with van der Waals surface area (Å²) >= 11 is 0. The monoisotopic (exact) mass is 411 g/mol. The lowest BCUT2D eigenvalue weighted by molar-refractivity contribution is -0.115. The number of ketones is 2. The Bertz CT molecular complexity index is 1110. The number of fused-ring (bicyclic) bond motifs is 2. The first-order valence-corrected chi connectivity index (χ1v) is 11.4. The van der Waals surface area contributed by atoms with Crippen LogP contribution in [0.15, 0.2) is 42.5 Å². The molecule has 1 fully saturated rings. The first-order chi connectivity index (χ1) is 13.9. The molecule has 0 bridgehead atoms. The molecule has 1 N–H and O–H groups in total. The van der Waals surface area contributed by atoms with Gasteiger partial charge in [0.2, 0.25) is 5.91 Å². The van der Waals surface area contributed by atoms with Crippen LogP contribution in [0.3, 0.4) is 0 Å². The lowest BCUT2D eigenvalue weighted by atomic mass is 9.84. The lowest BCUT2D eigenvalue weighted by Crippen LogP contribution is -2.25. The summed E-state index contributed by atoms with van der Waals surface area (Å²) in [5.41, 5.74) is 1.63. The second-order valence-electron chi connectivity index (χ2n) is 7.54. The first kappa shape index (κ1) is 19.5. The maximum absolute atomic E-state index is 12.8. The highest BCUT2D eigenvalue weighted by Gasteiger charge is 2.30. The first-order valence-electron chi connectivity index (χ1n) is 9.71. The maximum Gasteiger partial charge on any atom is 0.225 e. The Kier molecular flexibility index (Phi) is 5.08. The lowest BCUT2D eigenvalue weighted by Gasteiger charge is -2.18. The number of anilines is 1. The third-order valence-electron chi connectivity index (χ3n) is 5.63. The average molecular weight is 411 g/mol. The molecule has 6 nitrogen and oxygen atoms in total. The van der Waals surface area contributed by atoms with E-state index in [1.807, 2.05) is 0 Å². The van der Waals surface area contributed by atoms with E-state index in [-0.39, 0.29) is 34.6 Å². The normalized spacial score (nSPS) is 16.4. The number of hydrogen-bond acceptors (Lipinski definition) is 5. The highest BCUT2D eigenvalue weighted by molar-refractivity contribution is 7.92. The fourth-order valence-corrected chi connectivity index (χ4v) is 5.90. The van der Waals surface area contributed by atoms with Gasteiger partial charge in [-0.15, -0.1) is 0 Å². The zero-order valence-electron chi connectivity index (χ0n) is 15.8. The Balaban J connectivity index is 1.47. The summed E-state index contributed by atoms with van der Waals surface area (Å²) in [6.07, 6.45) is 3.05. The molecule has 0 saturated heterocycles. The molecule has 2 aromatic rings. The molecule has 2 aromatic carbocycles. The van der Waals surface area contributed by atoms with Crippen LogP contribution < -0.4 is 5.32 Å². The predicted octanol–water partition coefficient (Wildman–Crippen LogP) is 3.15. The molecule has 0 atom stereocenters. The van der Waals surface area contributed by atoms with Crippen LogP contribution in [-0.2, 0) is 14.6 Å². The van der Waals surface area contributed by atoms with Gasteiger partial charge in [-0.25, -0.2) is 8.42 Å². The number of benzene rings is 2. The highest BCUT2D eigenvalue weighted by atomic mass is 32.2. The molecule has 0 radical (unpaired) electrons. The van der Waals surface area contributed by atoms with Crippen molar-refractivity contribution in [2.24, 2.45) is 0 Å². The molecule has 0 spiro atoms. The van der Waals surface area contributed by atoms with E-state index in [2.05, 4.69) is 5.32 Å². The number of sulfone groups is 1. The van der Waals surface area contributed by atoms with Crippen LogP contribution in [0.2, 0.25) is 0 Å². The Morgan fingerprint density at radius 2 is 1.48 bits per heavy atom. The van der Waals surface area contributed by atoms with Gasteiger partial charge < -0.3 is 5.32 Å². The van der Waals surface area contributed by atoms with Crippen molar-refractivity contribution in [3.63, 3.8) is 0 Å². The molecule has 0 heterocycles. The molecule has 2 aliphatic carbocycles. The Morgan fingerprint density at radius 3 is 2.14 bits per heavy atom. The van der Waals surface area contributed by atoms with Gasteiger partial charge in [-0.05, 0) is 31.0 Å². The zero-order chi connectivity index (χ0) is 20.6. The van der Waals surface area contributed by atoms with Gasteiger partial charge >= 0.3 is 0 Å². The molecule has 1 saturated carbocycles. The molecule has 7 heteroatoms. The molecule has 2 aliphatic rings. The van der Waals surface area contributed by atoms with Crippen molar-refractivity contribution in [3.05, 3.63) is 64.7 Å².